The lowest BCUT2D eigenvalue weighted by atomic mass is 10.1. The first-order valence-electron chi connectivity index (χ1n) is 7.89. The van der Waals surface area contributed by atoms with Crippen molar-refractivity contribution in [3.63, 3.8) is 0 Å². The maximum absolute atomic E-state index is 12.6. The third-order valence-corrected chi connectivity index (χ3v) is 4.16. The first kappa shape index (κ1) is 19.6. The van der Waals surface area contributed by atoms with Crippen molar-refractivity contribution in [3.8, 4) is 11.5 Å². The quantitative estimate of drug-likeness (QED) is 0.836. The van der Waals surface area contributed by atoms with Crippen LogP contribution in [0.2, 0.25) is 5.02 Å². The van der Waals surface area contributed by atoms with Crippen LogP contribution in [0.25, 0.3) is 0 Å². The zero-order chi connectivity index (χ0) is 19.4. The third kappa shape index (κ3) is 4.08. The van der Waals surface area contributed by atoms with Gasteiger partial charge in [-0.15, -0.1) is 0 Å². The van der Waals surface area contributed by atoms with E-state index in [1.165, 1.54) is 20.3 Å². The smallest absolute Gasteiger partial charge is 0.326 e. The number of benzene rings is 2. The summed E-state index contributed by atoms with van der Waals surface area (Å²) >= 11 is 6.06. The zero-order valence-electron chi connectivity index (χ0n) is 15.3. The number of nitrogens with one attached hydrogen (secondary N) is 2. The molecule has 0 spiro atoms. The Hall–Kier alpha value is -2.73. The molecular formula is C19H21ClN2O4. The molecule has 2 aromatic carbocycles. The highest BCUT2D eigenvalue weighted by molar-refractivity contribution is 6.33. The number of amides is 3. The number of urea groups is 1. The number of ether oxygens (including phenoxy) is 2. The molecule has 0 unspecified atom stereocenters. The third-order valence-electron chi connectivity index (χ3n) is 3.87. The molecule has 0 radical (unpaired) electrons. The predicted molar refractivity (Wildman–Crippen MR) is 102 cm³/mol. The molecular weight excluding hydrogens is 356 g/mol. The van der Waals surface area contributed by atoms with E-state index in [1.807, 2.05) is 32.9 Å². The van der Waals surface area contributed by atoms with E-state index in [0.29, 0.717) is 5.69 Å². The van der Waals surface area contributed by atoms with Crippen molar-refractivity contribution in [1.82, 2.24) is 5.32 Å². The number of anilines is 1. The highest BCUT2D eigenvalue weighted by Crippen LogP contribution is 2.35. The van der Waals surface area contributed by atoms with Crippen molar-refractivity contribution in [3.05, 3.63) is 51.5 Å². The van der Waals surface area contributed by atoms with Crippen LogP contribution in [0.5, 0.6) is 11.5 Å². The number of hydrogen-bond donors (Lipinski definition) is 2. The van der Waals surface area contributed by atoms with E-state index in [-0.39, 0.29) is 22.1 Å². The summed E-state index contributed by atoms with van der Waals surface area (Å²) in [7, 11) is 2.80. The Labute approximate surface area is 157 Å². The monoisotopic (exact) mass is 376 g/mol. The van der Waals surface area contributed by atoms with Crippen molar-refractivity contribution in [2.24, 2.45) is 0 Å². The Kier molecular flexibility index (Phi) is 6.10. The number of methoxy groups -OCH3 is 2. The lowest BCUT2D eigenvalue weighted by molar-refractivity contribution is 0.0961. The first-order chi connectivity index (χ1) is 12.3. The van der Waals surface area contributed by atoms with Crippen LogP contribution < -0.4 is 20.1 Å². The summed E-state index contributed by atoms with van der Waals surface area (Å²) in [6.45, 7) is 5.76. The minimum absolute atomic E-state index is 0.0509. The van der Waals surface area contributed by atoms with Gasteiger partial charge in [-0.2, -0.15) is 0 Å². The number of hydrogen-bond acceptors (Lipinski definition) is 4. The van der Waals surface area contributed by atoms with E-state index < -0.39 is 11.9 Å². The van der Waals surface area contributed by atoms with Gasteiger partial charge in [0.25, 0.3) is 5.91 Å². The van der Waals surface area contributed by atoms with Gasteiger partial charge >= 0.3 is 6.03 Å². The van der Waals surface area contributed by atoms with Crippen LogP contribution in [0.1, 0.15) is 27.0 Å². The SMILES string of the molecule is COc1ccc(Cl)c(OC)c1C(=O)NC(=O)Nc1c(C)cc(C)cc1C. The second-order valence-electron chi connectivity index (χ2n) is 5.84. The highest BCUT2D eigenvalue weighted by Gasteiger charge is 2.23. The van der Waals surface area contributed by atoms with Crippen LogP contribution in [0.4, 0.5) is 10.5 Å². The van der Waals surface area contributed by atoms with Crippen molar-refractivity contribution >= 4 is 29.2 Å². The fourth-order valence-corrected chi connectivity index (χ4v) is 3.05. The van der Waals surface area contributed by atoms with Crippen molar-refractivity contribution in [2.75, 3.05) is 19.5 Å². The maximum Gasteiger partial charge on any atom is 0.326 e. The molecule has 0 fully saturated rings. The minimum Gasteiger partial charge on any atom is -0.496 e. The first-order valence-corrected chi connectivity index (χ1v) is 8.27. The molecule has 0 saturated carbocycles. The molecule has 6 nitrogen and oxygen atoms in total. The fraction of sp³-hybridized carbons (Fsp3) is 0.263. The summed E-state index contributed by atoms with van der Waals surface area (Å²) in [4.78, 5) is 24.9. The Bertz CT molecular complexity index is 842. The van der Waals surface area contributed by atoms with Gasteiger partial charge in [-0.25, -0.2) is 4.79 Å². The van der Waals surface area contributed by atoms with Crippen LogP contribution in [0.3, 0.4) is 0 Å². The molecule has 0 saturated heterocycles. The van der Waals surface area contributed by atoms with Crippen LogP contribution in [0.15, 0.2) is 24.3 Å². The Morgan fingerprint density at radius 3 is 2.15 bits per heavy atom. The van der Waals surface area contributed by atoms with Crippen molar-refractivity contribution < 1.29 is 19.1 Å². The van der Waals surface area contributed by atoms with E-state index in [1.54, 1.807) is 6.07 Å². The fourth-order valence-electron chi connectivity index (χ4n) is 2.81. The summed E-state index contributed by atoms with van der Waals surface area (Å²) in [5, 5.41) is 5.23. The van der Waals surface area contributed by atoms with Crippen LogP contribution in [-0.2, 0) is 0 Å². The van der Waals surface area contributed by atoms with Crippen LogP contribution in [-0.4, -0.2) is 26.2 Å². The molecule has 2 aromatic rings. The average molecular weight is 377 g/mol. The molecule has 0 heterocycles. The van der Waals surface area contributed by atoms with Gasteiger partial charge < -0.3 is 14.8 Å². The Balaban J connectivity index is 2.26. The number of imide groups is 1. The van der Waals surface area contributed by atoms with Gasteiger partial charge in [0, 0.05) is 5.69 Å². The summed E-state index contributed by atoms with van der Waals surface area (Å²) in [5.74, 6) is -0.292. The van der Waals surface area contributed by atoms with E-state index in [4.69, 9.17) is 21.1 Å². The van der Waals surface area contributed by atoms with Gasteiger partial charge in [-0.05, 0) is 44.0 Å². The number of halogens is 1. The van der Waals surface area contributed by atoms with E-state index in [0.717, 1.165) is 16.7 Å². The van der Waals surface area contributed by atoms with Crippen LogP contribution in [0, 0.1) is 20.8 Å². The molecule has 138 valence electrons. The number of carbonyl (C=O) groups is 2. The second kappa shape index (κ2) is 8.10. The number of rotatable bonds is 4. The number of aryl methyl sites for hydroxylation is 3. The largest absolute Gasteiger partial charge is 0.496 e. The minimum atomic E-state index is -0.680. The number of carbonyl (C=O) groups excluding carboxylic acids is 2. The van der Waals surface area contributed by atoms with Gasteiger partial charge in [0.05, 0.1) is 19.2 Å². The lowest BCUT2D eigenvalue weighted by Crippen LogP contribution is -2.35. The van der Waals surface area contributed by atoms with E-state index >= 15 is 0 Å². The summed E-state index contributed by atoms with van der Waals surface area (Å²) in [6.07, 6.45) is 0. The molecule has 0 atom stereocenters. The maximum atomic E-state index is 12.6. The van der Waals surface area contributed by atoms with Crippen molar-refractivity contribution in [2.45, 2.75) is 20.8 Å². The summed E-state index contributed by atoms with van der Waals surface area (Å²) in [6, 6.07) is 6.33. The topological polar surface area (TPSA) is 76.7 Å². The van der Waals surface area contributed by atoms with Crippen LogP contribution >= 0.6 is 11.6 Å². The molecule has 7 heteroatoms. The average Bonchev–Trinajstić information content (AvgIpc) is 2.57. The zero-order valence-corrected chi connectivity index (χ0v) is 16.1. The van der Waals surface area contributed by atoms with E-state index in [9.17, 15) is 9.59 Å². The Morgan fingerprint density at radius 2 is 1.62 bits per heavy atom. The molecule has 0 aliphatic heterocycles. The molecule has 2 rings (SSSR count). The van der Waals surface area contributed by atoms with Crippen molar-refractivity contribution in [1.29, 1.82) is 0 Å². The predicted octanol–water partition coefficient (Wildman–Crippen LogP) is 4.24. The standard InChI is InChI=1S/C19H21ClN2O4/c1-10-8-11(2)16(12(3)9-10)21-19(24)22-18(23)15-14(25-4)7-6-13(20)17(15)26-5/h6-9H,1-5H3,(H2,21,22,23,24). The lowest BCUT2D eigenvalue weighted by Gasteiger charge is -2.15. The Morgan fingerprint density at radius 1 is 1.00 bits per heavy atom. The normalized spacial score (nSPS) is 10.2. The summed E-state index contributed by atoms with van der Waals surface area (Å²) in [5.41, 5.74) is 3.61. The molecule has 26 heavy (non-hydrogen) atoms. The molecule has 2 N–H and O–H groups in total. The highest BCUT2D eigenvalue weighted by atomic mass is 35.5. The molecule has 0 aliphatic rings. The summed E-state index contributed by atoms with van der Waals surface area (Å²) < 4.78 is 10.4. The molecule has 0 bridgehead atoms. The molecule has 0 aliphatic carbocycles. The van der Waals surface area contributed by atoms with Gasteiger partial charge in [0.1, 0.15) is 11.3 Å². The van der Waals surface area contributed by atoms with Gasteiger partial charge in [-0.1, -0.05) is 29.3 Å². The second-order valence-corrected chi connectivity index (χ2v) is 6.25. The molecule has 3 amide bonds. The van der Waals surface area contributed by atoms with Gasteiger partial charge in [0.2, 0.25) is 0 Å². The van der Waals surface area contributed by atoms with E-state index in [2.05, 4.69) is 10.6 Å². The molecule has 0 aromatic heterocycles. The van der Waals surface area contributed by atoms with Gasteiger partial charge in [0.15, 0.2) is 5.75 Å². The van der Waals surface area contributed by atoms with Gasteiger partial charge in [-0.3, -0.25) is 10.1 Å².